The van der Waals surface area contributed by atoms with Gasteiger partial charge in [0.15, 0.2) is 5.11 Å². The molecule has 0 saturated carbocycles. The van der Waals surface area contributed by atoms with E-state index in [1.807, 2.05) is 18.2 Å². The molecule has 1 amide bonds. The number of nitrogens with one attached hydrogen (secondary N) is 2. The van der Waals surface area contributed by atoms with Crippen LogP contribution in [0.2, 0.25) is 0 Å². The Bertz CT molecular complexity index is 778. The summed E-state index contributed by atoms with van der Waals surface area (Å²) in [4.78, 5) is 12.2. The summed E-state index contributed by atoms with van der Waals surface area (Å²) < 4.78 is 0. The molecule has 2 aromatic rings. The third-order valence-electron chi connectivity index (χ3n) is 3.76. The van der Waals surface area contributed by atoms with Crippen molar-refractivity contribution in [1.82, 2.24) is 5.32 Å². The molecule has 4 nitrogen and oxygen atoms in total. The Labute approximate surface area is 153 Å². The van der Waals surface area contributed by atoms with E-state index in [9.17, 15) is 4.79 Å². The number of nitrogens with zero attached hydrogens (tertiary/aromatic N) is 1. The topological polar surface area (TPSA) is 64.9 Å². The fraction of sp³-hybridized carbons (Fsp3) is 0.250. The Hall–Kier alpha value is -2.71. The fourth-order valence-corrected chi connectivity index (χ4v) is 2.61. The average Bonchev–Trinajstić information content (AvgIpc) is 2.63. The molecule has 0 aliphatic carbocycles. The number of anilines is 1. The van der Waals surface area contributed by atoms with Crippen molar-refractivity contribution in [2.45, 2.75) is 32.6 Å². The van der Waals surface area contributed by atoms with Gasteiger partial charge in [0.2, 0.25) is 0 Å². The summed E-state index contributed by atoms with van der Waals surface area (Å²) in [6, 6.07) is 16.5. The van der Waals surface area contributed by atoms with E-state index >= 15 is 0 Å². The maximum absolute atomic E-state index is 12.2. The summed E-state index contributed by atoms with van der Waals surface area (Å²) in [5.74, 6) is -0.342. The van der Waals surface area contributed by atoms with E-state index in [0.29, 0.717) is 11.1 Å². The van der Waals surface area contributed by atoms with E-state index in [-0.39, 0.29) is 11.0 Å². The zero-order valence-electron chi connectivity index (χ0n) is 14.2. The van der Waals surface area contributed by atoms with Gasteiger partial charge in [-0.25, -0.2) is 0 Å². The lowest BCUT2D eigenvalue weighted by Crippen LogP contribution is -2.34. The molecule has 5 heteroatoms. The van der Waals surface area contributed by atoms with Crippen LogP contribution in [0.4, 0.5) is 5.69 Å². The van der Waals surface area contributed by atoms with Crippen molar-refractivity contribution < 1.29 is 4.79 Å². The summed E-state index contributed by atoms with van der Waals surface area (Å²) in [7, 11) is 0. The maximum atomic E-state index is 12.2. The molecule has 0 radical (unpaired) electrons. The molecule has 0 aromatic heterocycles. The van der Waals surface area contributed by atoms with E-state index in [1.54, 1.807) is 18.2 Å². The van der Waals surface area contributed by atoms with Crippen LogP contribution in [-0.2, 0) is 6.42 Å². The van der Waals surface area contributed by atoms with Crippen molar-refractivity contribution >= 4 is 28.9 Å². The van der Waals surface area contributed by atoms with Crippen LogP contribution >= 0.6 is 12.2 Å². The van der Waals surface area contributed by atoms with Gasteiger partial charge in [-0.05, 0) is 61.0 Å². The number of unbranched alkanes of at least 4 members (excludes halogenated alkanes) is 2. The number of carbonyl (C=O) groups is 1. The first-order valence-electron chi connectivity index (χ1n) is 8.34. The normalized spacial score (nSPS) is 9.92. The molecule has 0 bridgehead atoms. The van der Waals surface area contributed by atoms with Gasteiger partial charge in [-0.2, -0.15) is 5.26 Å². The Kier molecular flexibility index (Phi) is 7.12. The molecule has 0 unspecified atom stereocenters. The maximum Gasteiger partial charge on any atom is 0.257 e. The highest BCUT2D eigenvalue weighted by molar-refractivity contribution is 7.80. The van der Waals surface area contributed by atoms with Crippen molar-refractivity contribution in [2.75, 3.05) is 5.32 Å². The third kappa shape index (κ3) is 6.02. The van der Waals surface area contributed by atoms with Crippen LogP contribution < -0.4 is 10.6 Å². The first kappa shape index (κ1) is 18.6. The predicted octanol–water partition coefficient (Wildman–Crippen LogP) is 4.42. The predicted molar refractivity (Wildman–Crippen MR) is 105 cm³/mol. The summed E-state index contributed by atoms with van der Waals surface area (Å²) in [5, 5.41) is 14.7. The van der Waals surface area contributed by atoms with Gasteiger partial charge in [0.05, 0.1) is 11.6 Å². The van der Waals surface area contributed by atoms with Crippen LogP contribution in [0.1, 0.15) is 47.7 Å². The van der Waals surface area contributed by atoms with Gasteiger partial charge in [-0.15, -0.1) is 0 Å². The van der Waals surface area contributed by atoms with Crippen molar-refractivity contribution in [1.29, 1.82) is 5.26 Å². The molecular weight excluding hydrogens is 330 g/mol. The second-order valence-corrected chi connectivity index (χ2v) is 6.16. The van der Waals surface area contributed by atoms with Gasteiger partial charge in [0, 0.05) is 11.3 Å². The van der Waals surface area contributed by atoms with Gasteiger partial charge < -0.3 is 5.32 Å². The van der Waals surface area contributed by atoms with Crippen molar-refractivity contribution in [3.63, 3.8) is 0 Å². The number of hydrogen-bond acceptors (Lipinski definition) is 3. The van der Waals surface area contributed by atoms with Crippen LogP contribution in [0, 0.1) is 11.3 Å². The minimum absolute atomic E-state index is 0.228. The molecule has 2 aromatic carbocycles. The highest BCUT2D eigenvalue weighted by Crippen LogP contribution is 2.12. The second-order valence-electron chi connectivity index (χ2n) is 5.75. The Morgan fingerprint density at radius 2 is 1.92 bits per heavy atom. The number of aryl methyl sites for hydroxylation is 1. The Morgan fingerprint density at radius 1 is 1.16 bits per heavy atom. The quantitative estimate of drug-likeness (QED) is 0.597. The molecule has 0 aliphatic rings. The molecule has 2 N–H and O–H groups in total. The van der Waals surface area contributed by atoms with Crippen LogP contribution in [-0.4, -0.2) is 11.0 Å². The molecule has 25 heavy (non-hydrogen) atoms. The smallest absolute Gasteiger partial charge is 0.257 e. The van der Waals surface area contributed by atoms with E-state index < -0.39 is 0 Å². The Balaban J connectivity index is 1.89. The molecule has 128 valence electrons. The van der Waals surface area contributed by atoms with E-state index in [4.69, 9.17) is 17.5 Å². The number of thiocarbonyl (C=S) groups is 1. The van der Waals surface area contributed by atoms with E-state index in [2.05, 4.69) is 29.7 Å². The zero-order valence-corrected chi connectivity index (χ0v) is 15.0. The number of hydrogen-bond donors (Lipinski definition) is 2. The minimum atomic E-state index is -0.342. The molecule has 0 spiro atoms. The number of carbonyl (C=O) groups excluding carboxylic acids is 1. The third-order valence-corrected chi connectivity index (χ3v) is 3.97. The van der Waals surface area contributed by atoms with Gasteiger partial charge in [0.25, 0.3) is 5.91 Å². The summed E-state index contributed by atoms with van der Waals surface area (Å²) in [5.41, 5.74) is 2.96. The molecule has 2 rings (SSSR count). The molecule has 0 atom stereocenters. The van der Waals surface area contributed by atoms with Crippen LogP contribution in [0.15, 0.2) is 48.5 Å². The Morgan fingerprint density at radius 3 is 2.60 bits per heavy atom. The largest absolute Gasteiger partial charge is 0.332 e. The standard InChI is InChI=1S/C20H21N3OS/c1-2-3-4-6-15-9-11-18(12-10-15)22-20(25)23-19(24)17-8-5-7-16(13-17)14-21/h5,7-13H,2-4,6H2,1H3,(H2,22,23,24,25). The number of benzene rings is 2. The van der Waals surface area contributed by atoms with Crippen LogP contribution in [0.3, 0.4) is 0 Å². The summed E-state index contributed by atoms with van der Waals surface area (Å²) in [6.07, 6.45) is 4.72. The van der Waals surface area contributed by atoms with Crippen molar-refractivity contribution in [3.8, 4) is 6.07 Å². The highest BCUT2D eigenvalue weighted by atomic mass is 32.1. The molecule has 0 aliphatic heterocycles. The van der Waals surface area contributed by atoms with Gasteiger partial charge in [-0.1, -0.05) is 38.0 Å². The molecular formula is C20H21N3OS. The monoisotopic (exact) mass is 351 g/mol. The van der Waals surface area contributed by atoms with Crippen LogP contribution in [0.25, 0.3) is 0 Å². The minimum Gasteiger partial charge on any atom is -0.332 e. The van der Waals surface area contributed by atoms with Gasteiger partial charge >= 0.3 is 0 Å². The fourth-order valence-electron chi connectivity index (χ4n) is 2.40. The summed E-state index contributed by atoms with van der Waals surface area (Å²) >= 11 is 5.18. The second kappa shape index (κ2) is 9.55. The van der Waals surface area contributed by atoms with Gasteiger partial charge in [-0.3, -0.25) is 10.1 Å². The lowest BCUT2D eigenvalue weighted by atomic mass is 10.1. The number of rotatable bonds is 6. The number of nitriles is 1. The average molecular weight is 351 g/mol. The first-order chi connectivity index (χ1) is 12.1. The van der Waals surface area contributed by atoms with Crippen molar-refractivity contribution in [2.24, 2.45) is 0 Å². The molecule has 0 fully saturated rings. The molecule has 0 saturated heterocycles. The van der Waals surface area contributed by atoms with Crippen molar-refractivity contribution in [3.05, 3.63) is 65.2 Å². The van der Waals surface area contributed by atoms with E-state index in [0.717, 1.165) is 12.1 Å². The summed E-state index contributed by atoms with van der Waals surface area (Å²) in [6.45, 7) is 2.19. The highest BCUT2D eigenvalue weighted by Gasteiger charge is 2.08. The lowest BCUT2D eigenvalue weighted by Gasteiger charge is -2.10. The SMILES string of the molecule is CCCCCc1ccc(NC(=S)NC(=O)c2cccc(C#N)c2)cc1. The van der Waals surface area contributed by atoms with Gasteiger partial charge in [0.1, 0.15) is 0 Å². The van der Waals surface area contributed by atoms with Crippen LogP contribution in [0.5, 0.6) is 0 Å². The van der Waals surface area contributed by atoms with E-state index in [1.165, 1.54) is 30.9 Å². The first-order valence-corrected chi connectivity index (χ1v) is 8.74. The number of amides is 1. The lowest BCUT2D eigenvalue weighted by molar-refractivity contribution is 0.0977. The molecule has 0 heterocycles. The zero-order chi connectivity index (χ0) is 18.1.